The van der Waals surface area contributed by atoms with Crippen molar-refractivity contribution in [1.82, 2.24) is 14.8 Å². The van der Waals surface area contributed by atoms with Crippen LogP contribution in [0.15, 0.2) is 30.5 Å². The van der Waals surface area contributed by atoms with Gasteiger partial charge in [0.2, 0.25) is 0 Å². The van der Waals surface area contributed by atoms with Crippen molar-refractivity contribution >= 4 is 22.6 Å². The molecule has 1 amide bonds. The highest BCUT2D eigenvalue weighted by Crippen LogP contribution is 2.27. The number of carbonyl (C=O) groups is 1. The molecule has 7 heteroatoms. The number of aryl methyl sites for hydroxylation is 1. The zero-order chi connectivity index (χ0) is 18.8. The van der Waals surface area contributed by atoms with Gasteiger partial charge >= 0.3 is 0 Å². The van der Waals surface area contributed by atoms with Crippen LogP contribution in [0.4, 0.5) is 5.69 Å². The highest BCUT2D eigenvalue weighted by atomic mass is 16.5. The van der Waals surface area contributed by atoms with Gasteiger partial charge in [-0.25, -0.2) is 9.67 Å². The quantitative estimate of drug-likeness (QED) is 0.757. The molecule has 0 spiro atoms. The summed E-state index contributed by atoms with van der Waals surface area (Å²) in [6.45, 7) is 5.92. The number of methoxy groups -OCH3 is 2. The van der Waals surface area contributed by atoms with Crippen molar-refractivity contribution in [2.45, 2.75) is 26.8 Å². The van der Waals surface area contributed by atoms with Crippen molar-refractivity contribution in [1.29, 1.82) is 0 Å². The molecule has 7 nitrogen and oxygen atoms in total. The number of fused-ring (bicyclic) bond motifs is 1. The van der Waals surface area contributed by atoms with E-state index < -0.39 is 0 Å². The first-order valence-electron chi connectivity index (χ1n) is 8.32. The molecular formula is C19H22N4O3. The molecule has 26 heavy (non-hydrogen) atoms. The number of rotatable bonds is 5. The van der Waals surface area contributed by atoms with E-state index in [1.807, 2.05) is 25.5 Å². The van der Waals surface area contributed by atoms with E-state index in [0.29, 0.717) is 28.4 Å². The van der Waals surface area contributed by atoms with Gasteiger partial charge in [0.1, 0.15) is 11.5 Å². The molecule has 0 saturated heterocycles. The molecular weight excluding hydrogens is 332 g/mol. The summed E-state index contributed by atoms with van der Waals surface area (Å²) >= 11 is 0. The first-order valence-corrected chi connectivity index (χ1v) is 8.32. The second-order valence-electron chi connectivity index (χ2n) is 6.29. The Balaban J connectivity index is 2.01. The Bertz CT molecular complexity index is 941. The highest BCUT2D eigenvalue weighted by molar-refractivity contribution is 6.12. The number of hydrogen-bond donors (Lipinski definition) is 1. The fourth-order valence-electron chi connectivity index (χ4n) is 2.79. The molecule has 0 fully saturated rings. The van der Waals surface area contributed by atoms with Crippen LogP contribution in [0.25, 0.3) is 11.0 Å². The molecule has 136 valence electrons. The second-order valence-corrected chi connectivity index (χ2v) is 6.29. The van der Waals surface area contributed by atoms with Crippen molar-refractivity contribution in [3.63, 3.8) is 0 Å². The highest BCUT2D eigenvalue weighted by Gasteiger charge is 2.17. The zero-order valence-corrected chi connectivity index (χ0v) is 15.5. The van der Waals surface area contributed by atoms with Crippen LogP contribution in [0.1, 0.15) is 35.9 Å². The SMILES string of the molecule is COc1cc(NC(=O)c2cc(C)nc3c2cnn3C(C)C)cc(OC)c1. The number of benzene rings is 1. The second kappa shape index (κ2) is 7.03. The van der Waals surface area contributed by atoms with Crippen LogP contribution in [0, 0.1) is 6.92 Å². The maximum atomic E-state index is 12.9. The Kier molecular flexibility index (Phi) is 4.79. The summed E-state index contributed by atoms with van der Waals surface area (Å²) in [5, 5.41) is 8.00. The average Bonchev–Trinajstić information content (AvgIpc) is 3.04. The van der Waals surface area contributed by atoms with E-state index in [9.17, 15) is 4.79 Å². The van der Waals surface area contributed by atoms with Crippen LogP contribution >= 0.6 is 0 Å². The lowest BCUT2D eigenvalue weighted by Gasteiger charge is -2.11. The molecule has 2 aromatic heterocycles. The van der Waals surface area contributed by atoms with Gasteiger partial charge in [-0.2, -0.15) is 5.10 Å². The lowest BCUT2D eigenvalue weighted by molar-refractivity contribution is 0.102. The van der Waals surface area contributed by atoms with Crippen molar-refractivity contribution in [2.24, 2.45) is 0 Å². The van der Waals surface area contributed by atoms with E-state index >= 15 is 0 Å². The number of pyridine rings is 1. The molecule has 0 saturated carbocycles. The molecule has 0 unspecified atom stereocenters. The monoisotopic (exact) mass is 354 g/mol. The van der Waals surface area contributed by atoms with E-state index in [2.05, 4.69) is 15.4 Å². The summed E-state index contributed by atoms with van der Waals surface area (Å²) in [4.78, 5) is 17.4. The van der Waals surface area contributed by atoms with Gasteiger partial charge in [-0.15, -0.1) is 0 Å². The molecule has 0 aliphatic rings. The third-order valence-electron chi connectivity index (χ3n) is 4.04. The maximum Gasteiger partial charge on any atom is 0.256 e. The number of ether oxygens (including phenoxy) is 2. The smallest absolute Gasteiger partial charge is 0.256 e. The van der Waals surface area contributed by atoms with Crippen LogP contribution in [0.2, 0.25) is 0 Å². The Hall–Kier alpha value is -3.09. The zero-order valence-electron chi connectivity index (χ0n) is 15.5. The minimum absolute atomic E-state index is 0.153. The average molecular weight is 354 g/mol. The normalized spacial score (nSPS) is 11.0. The largest absolute Gasteiger partial charge is 0.497 e. The van der Waals surface area contributed by atoms with E-state index in [1.54, 1.807) is 44.7 Å². The van der Waals surface area contributed by atoms with Gasteiger partial charge in [-0.05, 0) is 26.8 Å². The minimum Gasteiger partial charge on any atom is -0.497 e. The molecule has 1 N–H and O–H groups in total. The molecule has 0 radical (unpaired) electrons. The summed E-state index contributed by atoms with van der Waals surface area (Å²) in [5.74, 6) is 0.964. The van der Waals surface area contributed by atoms with Crippen molar-refractivity contribution in [3.05, 3.63) is 41.7 Å². The Morgan fingerprint density at radius 1 is 1.12 bits per heavy atom. The van der Waals surface area contributed by atoms with Crippen molar-refractivity contribution < 1.29 is 14.3 Å². The van der Waals surface area contributed by atoms with Crippen molar-refractivity contribution in [3.8, 4) is 11.5 Å². The van der Waals surface area contributed by atoms with Crippen LogP contribution in [-0.2, 0) is 0 Å². The minimum atomic E-state index is -0.237. The first-order chi connectivity index (χ1) is 12.4. The van der Waals surface area contributed by atoms with E-state index in [1.165, 1.54) is 0 Å². The number of nitrogens with zero attached hydrogens (tertiary/aromatic N) is 3. The van der Waals surface area contributed by atoms with Crippen LogP contribution in [0.3, 0.4) is 0 Å². The predicted octanol–water partition coefficient (Wildman–Crippen LogP) is 3.59. The van der Waals surface area contributed by atoms with E-state index in [4.69, 9.17) is 9.47 Å². The standard InChI is InChI=1S/C19H22N4O3/c1-11(2)23-18-17(10-20-23)16(6-12(3)21-18)19(24)22-13-7-14(25-4)9-15(8-13)26-5/h6-11H,1-5H3,(H,22,24). The Labute approximate surface area is 151 Å². The van der Waals surface area contributed by atoms with Gasteiger partial charge in [0.15, 0.2) is 5.65 Å². The summed E-state index contributed by atoms with van der Waals surface area (Å²) < 4.78 is 12.3. The number of aromatic nitrogens is 3. The Morgan fingerprint density at radius 2 is 1.77 bits per heavy atom. The summed E-state index contributed by atoms with van der Waals surface area (Å²) in [7, 11) is 3.13. The van der Waals surface area contributed by atoms with Crippen LogP contribution < -0.4 is 14.8 Å². The van der Waals surface area contributed by atoms with Gasteiger partial charge in [0, 0.05) is 35.6 Å². The van der Waals surface area contributed by atoms with E-state index in [-0.39, 0.29) is 11.9 Å². The van der Waals surface area contributed by atoms with Gasteiger partial charge in [-0.3, -0.25) is 4.79 Å². The summed E-state index contributed by atoms with van der Waals surface area (Å²) in [6.07, 6.45) is 1.68. The topological polar surface area (TPSA) is 78.3 Å². The van der Waals surface area contributed by atoms with E-state index in [0.717, 1.165) is 11.1 Å². The first kappa shape index (κ1) is 17.7. The molecule has 0 aliphatic heterocycles. The molecule has 1 aromatic carbocycles. The molecule has 0 aliphatic carbocycles. The molecule has 2 heterocycles. The number of amides is 1. The van der Waals surface area contributed by atoms with Crippen LogP contribution in [0.5, 0.6) is 11.5 Å². The van der Waals surface area contributed by atoms with Gasteiger partial charge < -0.3 is 14.8 Å². The van der Waals surface area contributed by atoms with Crippen LogP contribution in [-0.4, -0.2) is 34.9 Å². The fraction of sp³-hybridized carbons (Fsp3) is 0.316. The molecule has 0 atom stereocenters. The Morgan fingerprint density at radius 3 is 2.35 bits per heavy atom. The third kappa shape index (κ3) is 3.33. The number of nitrogens with one attached hydrogen (secondary N) is 1. The predicted molar refractivity (Wildman–Crippen MR) is 100 cm³/mol. The van der Waals surface area contributed by atoms with Gasteiger partial charge in [0.25, 0.3) is 5.91 Å². The maximum absolute atomic E-state index is 12.9. The molecule has 3 rings (SSSR count). The van der Waals surface area contributed by atoms with Gasteiger partial charge in [0.05, 0.1) is 31.4 Å². The fourth-order valence-corrected chi connectivity index (χ4v) is 2.79. The molecule has 0 bridgehead atoms. The number of carbonyl (C=O) groups excluding carboxylic acids is 1. The lowest BCUT2D eigenvalue weighted by Crippen LogP contribution is -2.13. The van der Waals surface area contributed by atoms with Crippen molar-refractivity contribution in [2.75, 3.05) is 19.5 Å². The number of hydrogen-bond acceptors (Lipinski definition) is 5. The van der Waals surface area contributed by atoms with Gasteiger partial charge in [-0.1, -0.05) is 0 Å². The summed E-state index contributed by atoms with van der Waals surface area (Å²) in [6, 6.07) is 7.14. The third-order valence-corrected chi connectivity index (χ3v) is 4.04. The molecule has 3 aromatic rings. The summed E-state index contributed by atoms with van der Waals surface area (Å²) in [5.41, 5.74) is 2.58. The number of anilines is 1. The lowest BCUT2D eigenvalue weighted by atomic mass is 10.1.